The Labute approximate surface area is 118 Å². The molecule has 1 N–H and O–H groups in total. The zero-order chi connectivity index (χ0) is 14.4. The SMILES string of the molecule is CCNc1nc(OCc2ccccc2)nc(N(C)C)n1. The van der Waals surface area contributed by atoms with Gasteiger partial charge in [0.2, 0.25) is 11.9 Å². The molecule has 0 bridgehead atoms. The average Bonchev–Trinajstić information content (AvgIpc) is 2.46. The van der Waals surface area contributed by atoms with Gasteiger partial charge in [0.05, 0.1) is 0 Å². The molecular weight excluding hydrogens is 254 g/mol. The van der Waals surface area contributed by atoms with Gasteiger partial charge < -0.3 is 15.0 Å². The lowest BCUT2D eigenvalue weighted by atomic mass is 10.2. The van der Waals surface area contributed by atoms with Gasteiger partial charge in [-0.15, -0.1) is 0 Å². The number of hydrogen-bond donors (Lipinski definition) is 1. The minimum absolute atomic E-state index is 0.323. The molecule has 6 nitrogen and oxygen atoms in total. The molecule has 0 unspecified atom stereocenters. The van der Waals surface area contributed by atoms with Crippen molar-refractivity contribution in [3.8, 4) is 6.01 Å². The summed E-state index contributed by atoms with van der Waals surface area (Å²) < 4.78 is 5.64. The monoisotopic (exact) mass is 273 g/mol. The number of aromatic nitrogens is 3. The van der Waals surface area contributed by atoms with Gasteiger partial charge in [0.25, 0.3) is 0 Å². The standard InChI is InChI=1S/C14H19N5O/c1-4-15-12-16-13(19(2)3)18-14(17-12)20-10-11-8-6-5-7-9-11/h5-9H,4,10H2,1-3H3,(H,15,16,17,18). The van der Waals surface area contributed by atoms with Crippen LogP contribution in [0.4, 0.5) is 11.9 Å². The molecule has 0 saturated carbocycles. The van der Waals surface area contributed by atoms with E-state index in [0.717, 1.165) is 12.1 Å². The van der Waals surface area contributed by atoms with Crippen molar-refractivity contribution in [3.63, 3.8) is 0 Å². The van der Waals surface area contributed by atoms with E-state index in [1.54, 1.807) is 0 Å². The molecule has 0 aliphatic rings. The summed E-state index contributed by atoms with van der Waals surface area (Å²) in [4.78, 5) is 14.6. The third-order valence-electron chi connectivity index (χ3n) is 2.55. The van der Waals surface area contributed by atoms with Gasteiger partial charge in [-0.05, 0) is 12.5 Å². The summed E-state index contributed by atoms with van der Waals surface area (Å²) >= 11 is 0. The number of nitrogens with zero attached hydrogens (tertiary/aromatic N) is 4. The van der Waals surface area contributed by atoms with Crippen LogP contribution in [-0.4, -0.2) is 35.6 Å². The van der Waals surface area contributed by atoms with Crippen LogP contribution in [0.25, 0.3) is 0 Å². The topological polar surface area (TPSA) is 63.2 Å². The molecule has 2 aromatic rings. The summed E-state index contributed by atoms with van der Waals surface area (Å²) in [5.41, 5.74) is 1.07. The summed E-state index contributed by atoms with van der Waals surface area (Å²) in [6, 6.07) is 10.2. The van der Waals surface area contributed by atoms with Crippen molar-refractivity contribution in [2.75, 3.05) is 30.9 Å². The van der Waals surface area contributed by atoms with Gasteiger partial charge in [0, 0.05) is 20.6 Å². The molecule has 0 fully saturated rings. The maximum absolute atomic E-state index is 5.64. The Morgan fingerprint density at radius 2 is 1.85 bits per heavy atom. The summed E-state index contributed by atoms with van der Waals surface area (Å²) in [6.07, 6.45) is 0. The van der Waals surface area contributed by atoms with Gasteiger partial charge in [-0.1, -0.05) is 30.3 Å². The lowest BCUT2D eigenvalue weighted by Crippen LogP contribution is -2.16. The number of benzene rings is 1. The second kappa shape index (κ2) is 6.70. The van der Waals surface area contributed by atoms with Gasteiger partial charge in [-0.2, -0.15) is 15.0 Å². The summed E-state index contributed by atoms with van der Waals surface area (Å²) in [6.45, 7) is 3.17. The molecule has 0 radical (unpaired) electrons. The fourth-order valence-electron chi connectivity index (χ4n) is 1.57. The van der Waals surface area contributed by atoms with Crippen LogP contribution in [-0.2, 0) is 6.61 Å². The maximum atomic E-state index is 5.64. The highest BCUT2D eigenvalue weighted by Crippen LogP contribution is 2.14. The molecule has 0 atom stereocenters. The van der Waals surface area contributed by atoms with Gasteiger partial charge in [-0.3, -0.25) is 0 Å². The van der Waals surface area contributed by atoms with Crippen molar-refractivity contribution >= 4 is 11.9 Å². The fourth-order valence-corrected chi connectivity index (χ4v) is 1.57. The van der Waals surface area contributed by atoms with Crippen molar-refractivity contribution in [3.05, 3.63) is 35.9 Å². The maximum Gasteiger partial charge on any atom is 0.323 e. The Bertz CT molecular complexity index is 545. The third kappa shape index (κ3) is 3.81. The van der Waals surface area contributed by atoms with Gasteiger partial charge in [0.1, 0.15) is 6.61 Å². The minimum Gasteiger partial charge on any atom is -0.458 e. The van der Waals surface area contributed by atoms with Crippen molar-refractivity contribution in [1.29, 1.82) is 0 Å². The van der Waals surface area contributed by atoms with Crippen LogP contribution >= 0.6 is 0 Å². The van der Waals surface area contributed by atoms with Crippen molar-refractivity contribution in [2.24, 2.45) is 0 Å². The van der Waals surface area contributed by atoms with Crippen LogP contribution in [0.2, 0.25) is 0 Å². The van der Waals surface area contributed by atoms with Crippen molar-refractivity contribution in [1.82, 2.24) is 15.0 Å². The van der Waals surface area contributed by atoms with Crippen LogP contribution in [0.5, 0.6) is 6.01 Å². The molecule has 0 saturated heterocycles. The highest BCUT2D eigenvalue weighted by atomic mass is 16.5. The summed E-state index contributed by atoms with van der Waals surface area (Å²) in [7, 11) is 3.76. The number of rotatable bonds is 6. The third-order valence-corrected chi connectivity index (χ3v) is 2.55. The Kier molecular flexibility index (Phi) is 4.70. The van der Waals surface area contributed by atoms with E-state index in [2.05, 4.69) is 20.3 Å². The second-order valence-corrected chi connectivity index (χ2v) is 4.44. The molecule has 0 aliphatic carbocycles. The Morgan fingerprint density at radius 1 is 1.10 bits per heavy atom. The molecule has 2 rings (SSSR count). The number of nitrogens with one attached hydrogen (secondary N) is 1. The molecule has 20 heavy (non-hydrogen) atoms. The van der Waals surface area contributed by atoms with Crippen molar-refractivity contribution in [2.45, 2.75) is 13.5 Å². The summed E-state index contributed by atoms with van der Waals surface area (Å²) in [5.74, 6) is 1.09. The molecule has 0 aliphatic heterocycles. The van der Waals surface area contributed by atoms with Gasteiger partial charge in [0.15, 0.2) is 0 Å². The van der Waals surface area contributed by atoms with E-state index in [-0.39, 0.29) is 0 Å². The Hall–Kier alpha value is -2.37. The van der Waals surface area contributed by atoms with Crippen LogP contribution in [0, 0.1) is 0 Å². The predicted molar refractivity (Wildman–Crippen MR) is 79.1 cm³/mol. The largest absolute Gasteiger partial charge is 0.458 e. The predicted octanol–water partition coefficient (Wildman–Crippen LogP) is 1.95. The van der Waals surface area contributed by atoms with Gasteiger partial charge >= 0.3 is 6.01 Å². The Balaban J connectivity index is 2.13. The highest BCUT2D eigenvalue weighted by Gasteiger charge is 2.08. The zero-order valence-corrected chi connectivity index (χ0v) is 12.0. The summed E-state index contributed by atoms with van der Waals surface area (Å²) in [5, 5.41) is 3.07. The smallest absolute Gasteiger partial charge is 0.323 e. The van der Waals surface area contributed by atoms with Crippen LogP contribution in [0.1, 0.15) is 12.5 Å². The van der Waals surface area contributed by atoms with E-state index in [1.807, 2.05) is 56.3 Å². The van der Waals surface area contributed by atoms with Crippen molar-refractivity contribution < 1.29 is 4.74 Å². The molecular formula is C14H19N5O. The van der Waals surface area contributed by atoms with Crippen LogP contribution < -0.4 is 15.0 Å². The van der Waals surface area contributed by atoms with E-state index < -0.39 is 0 Å². The average molecular weight is 273 g/mol. The fraction of sp³-hybridized carbons (Fsp3) is 0.357. The molecule has 106 valence electrons. The first kappa shape index (κ1) is 14.0. The van der Waals surface area contributed by atoms with Gasteiger partial charge in [-0.25, -0.2) is 0 Å². The lowest BCUT2D eigenvalue weighted by molar-refractivity contribution is 0.280. The first-order valence-electron chi connectivity index (χ1n) is 6.53. The molecule has 6 heteroatoms. The number of anilines is 2. The minimum atomic E-state index is 0.323. The van der Waals surface area contributed by atoms with E-state index in [0.29, 0.717) is 24.5 Å². The van der Waals surface area contributed by atoms with E-state index >= 15 is 0 Å². The molecule has 0 spiro atoms. The lowest BCUT2D eigenvalue weighted by Gasteiger charge is -2.13. The van der Waals surface area contributed by atoms with Crippen LogP contribution in [0.3, 0.4) is 0 Å². The zero-order valence-electron chi connectivity index (χ0n) is 12.0. The first-order chi connectivity index (χ1) is 9.69. The van der Waals surface area contributed by atoms with Crippen LogP contribution in [0.15, 0.2) is 30.3 Å². The normalized spacial score (nSPS) is 10.2. The highest BCUT2D eigenvalue weighted by molar-refractivity contribution is 5.36. The molecule has 1 heterocycles. The molecule has 1 aromatic carbocycles. The quantitative estimate of drug-likeness (QED) is 0.868. The Morgan fingerprint density at radius 3 is 2.50 bits per heavy atom. The molecule has 1 aromatic heterocycles. The molecule has 0 amide bonds. The van der Waals surface area contributed by atoms with E-state index in [4.69, 9.17) is 4.74 Å². The van der Waals surface area contributed by atoms with E-state index in [9.17, 15) is 0 Å². The number of ether oxygens (including phenoxy) is 1. The second-order valence-electron chi connectivity index (χ2n) is 4.44. The first-order valence-corrected chi connectivity index (χ1v) is 6.53. The number of hydrogen-bond acceptors (Lipinski definition) is 6. The van der Waals surface area contributed by atoms with E-state index in [1.165, 1.54) is 0 Å².